The molecule has 0 aromatic heterocycles. The summed E-state index contributed by atoms with van der Waals surface area (Å²) in [4.78, 5) is 25.6. The maximum absolute atomic E-state index is 11.3. The number of ether oxygens (including phenoxy) is 2. The van der Waals surface area contributed by atoms with Crippen molar-refractivity contribution in [1.29, 1.82) is 0 Å². The number of anilines is 1. The SMILES string of the molecule is CS(=O)(=O)Nc1ccc([N+](=O)[O-])cc1Oc1ccccc1.O=C(O)COCCN1CCN([C@H](c2ccccc2)c2ccc(Cl)cc2)CC1. The number of nitro benzene ring substituents is 1. The quantitative estimate of drug-likeness (QED) is 0.0981. The summed E-state index contributed by atoms with van der Waals surface area (Å²) in [5.74, 6) is -0.427. The monoisotopic (exact) mass is 696 g/mol. The number of para-hydroxylation sites is 1. The number of sulfonamides is 1. The first-order valence-corrected chi connectivity index (χ1v) is 17.3. The van der Waals surface area contributed by atoms with Crippen molar-refractivity contribution >= 4 is 39.0 Å². The smallest absolute Gasteiger partial charge is 0.329 e. The number of nitro groups is 1. The number of nitrogens with zero attached hydrogens (tertiary/aromatic N) is 3. The first-order valence-electron chi connectivity index (χ1n) is 15.0. The van der Waals surface area contributed by atoms with Gasteiger partial charge >= 0.3 is 5.97 Å². The van der Waals surface area contributed by atoms with Crippen molar-refractivity contribution in [3.63, 3.8) is 0 Å². The normalized spacial score (nSPS) is 14.3. The fourth-order valence-corrected chi connectivity index (χ4v) is 5.80. The van der Waals surface area contributed by atoms with Gasteiger partial charge in [0.05, 0.1) is 35.6 Å². The number of aliphatic carboxylic acids is 1. The van der Waals surface area contributed by atoms with Crippen LogP contribution in [0.25, 0.3) is 0 Å². The number of piperazine rings is 1. The molecule has 14 heteroatoms. The number of carboxylic acids is 1. The maximum Gasteiger partial charge on any atom is 0.329 e. The predicted molar refractivity (Wildman–Crippen MR) is 184 cm³/mol. The van der Waals surface area contributed by atoms with Crippen LogP contribution in [0, 0.1) is 10.1 Å². The van der Waals surface area contributed by atoms with Gasteiger partial charge in [0.1, 0.15) is 12.4 Å². The van der Waals surface area contributed by atoms with Crippen molar-refractivity contribution in [1.82, 2.24) is 9.80 Å². The summed E-state index contributed by atoms with van der Waals surface area (Å²) >= 11 is 6.08. The number of carboxylic acid groups (broad SMARTS) is 1. The zero-order valence-electron chi connectivity index (χ0n) is 26.3. The average Bonchev–Trinajstić information content (AvgIpc) is 3.06. The lowest BCUT2D eigenvalue weighted by Crippen LogP contribution is -2.48. The molecule has 0 radical (unpaired) electrons. The van der Waals surface area contributed by atoms with Gasteiger partial charge in [0.15, 0.2) is 5.75 Å². The predicted octanol–water partition coefficient (Wildman–Crippen LogP) is 5.91. The Hall–Kier alpha value is -4.53. The molecule has 1 saturated heterocycles. The molecule has 1 heterocycles. The largest absolute Gasteiger partial charge is 0.480 e. The van der Waals surface area contributed by atoms with E-state index in [-0.39, 0.29) is 29.8 Å². The van der Waals surface area contributed by atoms with E-state index in [2.05, 4.69) is 50.9 Å². The number of benzene rings is 4. The lowest BCUT2D eigenvalue weighted by molar-refractivity contribution is -0.384. The highest BCUT2D eigenvalue weighted by Crippen LogP contribution is 2.34. The van der Waals surface area contributed by atoms with E-state index < -0.39 is 20.9 Å². The minimum absolute atomic E-state index is 0.0563. The van der Waals surface area contributed by atoms with Crippen LogP contribution in [0.5, 0.6) is 11.5 Å². The highest BCUT2D eigenvalue weighted by molar-refractivity contribution is 7.92. The minimum Gasteiger partial charge on any atom is -0.480 e. The number of non-ortho nitro benzene ring substituents is 1. The second-order valence-electron chi connectivity index (χ2n) is 10.9. The van der Waals surface area contributed by atoms with Crippen LogP contribution in [0.3, 0.4) is 0 Å². The highest BCUT2D eigenvalue weighted by Gasteiger charge is 2.26. The molecule has 0 unspecified atom stereocenters. The summed E-state index contributed by atoms with van der Waals surface area (Å²) in [6, 6.07) is 31.1. The third-order valence-corrected chi connectivity index (χ3v) is 8.14. The van der Waals surface area contributed by atoms with Gasteiger partial charge < -0.3 is 14.6 Å². The third kappa shape index (κ3) is 11.6. The van der Waals surface area contributed by atoms with Crippen molar-refractivity contribution in [2.45, 2.75) is 6.04 Å². The van der Waals surface area contributed by atoms with Gasteiger partial charge in [-0.3, -0.25) is 24.6 Å². The standard InChI is InChI=1S/C21H25ClN2O3.C13H12N2O5S/c22-19-8-6-18(7-9-19)21(17-4-2-1-3-5-17)24-12-10-23(11-13-24)14-15-27-16-20(25)26;1-21(18,19)14-12-8-7-10(15(16)17)9-13(12)20-11-5-3-2-4-6-11/h1-9,21H,10-16H2,(H,25,26);2-9,14H,1H3/t21-;/m1./s1. The first kappa shape index (κ1) is 36.3. The minimum atomic E-state index is -3.52. The molecule has 0 bridgehead atoms. The van der Waals surface area contributed by atoms with Gasteiger partial charge in [-0.2, -0.15) is 0 Å². The van der Waals surface area contributed by atoms with Crippen molar-refractivity contribution in [3.05, 3.63) is 129 Å². The zero-order chi connectivity index (χ0) is 34.5. The van der Waals surface area contributed by atoms with Crippen molar-refractivity contribution in [2.24, 2.45) is 0 Å². The summed E-state index contributed by atoms with van der Waals surface area (Å²) in [7, 11) is -3.52. The molecule has 0 saturated carbocycles. The molecular formula is C34H37ClN4O8S. The Bertz CT molecular complexity index is 1740. The van der Waals surface area contributed by atoms with Gasteiger partial charge in [-0.1, -0.05) is 72.3 Å². The number of carbonyl (C=O) groups is 1. The van der Waals surface area contributed by atoms with Crippen LogP contribution >= 0.6 is 11.6 Å². The maximum atomic E-state index is 11.3. The molecule has 1 fully saturated rings. The summed E-state index contributed by atoms with van der Waals surface area (Å²) in [6.45, 7) is 4.75. The van der Waals surface area contributed by atoms with E-state index in [1.165, 1.54) is 29.3 Å². The Morgan fingerprint density at radius 2 is 1.54 bits per heavy atom. The molecule has 4 aromatic rings. The van der Waals surface area contributed by atoms with Crippen LogP contribution in [-0.4, -0.2) is 86.4 Å². The van der Waals surface area contributed by atoms with Crippen LogP contribution in [0.15, 0.2) is 103 Å². The summed E-state index contributed by atoms with van der Waals surface area (Å²) in [5.41, 5.74) is 2.45. The van der Waals surface area contributed by atoms with E-state index in [1.54, 1.807) is 30.3 Å². The number of halogens is 1. The molecule has 4 aromatic carbocycles. The van der Waals surface area contributed by atoms with Gasteiger partial charge in [0.2, 0.25) is 10.0 Å². The number of hydrogen-bond acceptors (Lipinski definition) is 9. The van der Waals surface area contributed by atoms with Crippen LogP contribution in [0.4, 0.5) is 11.4 Å². The van der Waals surface area contributed by atoms with Gasteiger partial charge in [-0.25, -0.2) is 13.2 Å². The first-order chi connectivity index (χ1) is 23.0. The number of nitrogens with one attached hydrogen (secondary N) is 1. The van der Waals surface area contributed by atoms with Crippen molar-refractivity contribution in [2.75, 3.05) is 56.9 Å². The van der Waals surface area contributed by atoms with Gasteiger partial charge in [0, 0.05) is 43.8 Å². The molecule has 254 valence electrons. The molecule has 1 aliphatic heterocycles. The topological polar surface area (TPSA) is 152 Å². The molecular weight excluding hydrogens is 660 g/mol. The average molecular weight is 697 g/mol. The molecule has 12 nitrogen and oxygen atoms in total. The second-order valence-corrected chi connectivity index (χ2v) is 13.1. The molecule has 1 atom stereocenters. The summed E-state index contributed by atoms with van der Waals surface area (Å²) in [5, 5.41) is 20.2. The Morgan fingerprint density at radius 1 is 0.938 bits per heavy atom. The summed E-state index contributed by atoms with van der Waals surface area (Å²) in [6.07, 6.45) is 0.987. The second kappa shape index (κ2) is 17.6. The molecule has 48 heavy (non-hydrogen) atoms. The van der Waals surface area contributed by atoms with Gasteiger partial charge in [0.25, 0.3) is 5.69 Å². The van der Waals surface area contributed by atoms with Gasteiger partial charge in [-0.15, -0.1) is 0 Å². The van der Waals surface area contributed by atoms with E-state index in [9.17, 15) is 23.3 Å². The van der Waals surface area contributed by atoms with E-state index in [0.717, 1.165) is 44.0 Å². The van der Waals surface area contributed by atoms with Crippen LogP contribution in [-0.2, 0) is 19.6 Å². The Labute approximate surface area is 284 Å². The summed E-state index contributed by atoms with van der Waals surface area (Å²) < 4.78 is 35.6. The highest BCUT2D eigenvalue weighted by atomic mass is 35.5. The molecule has 5 rings (SSSR count). The Balaban J connectivity index is 0.000000224. The fourth-order valence-electron chi connectivity index (χ4n) is 5.10. The van der Waals surface area contributed by atoms with Crippen molar-refractivity contribution < 1.29 is 32.7 Å². The zero-order valence-corrected chi connectivity index (χ0v) is 27.8. The molecule has 0 amide bonds. The molecule has 1 aliphatic rings. The Kier molecular flexibility index (Phi) is 13.3. The lowest BCUT2D eigenvalue weighted by atomic mass is 9.96. The van der Waals surface area contributed by atoms with E-state index in [1.807, 2.05) is 18.2 Å². The molecule has 2 N–H and O–H groups in total. The van der Waals surface area contributed by atoms with Crippen LogP contribution < -0.4 is 9.46 Å². The Morgan fingerprint density at radius 3 is 2.12 bits per heavy atom. The molecule has 0 spiro atoms. The number of rotatable bonds is 13. The van der Waals surface area contributed by atoms with Crippen molar-refractivity contribution in [3.8, 4) is 11.5 Å². The molecule has 0 aliphatic carbocycles. The van der Waals surface area contributed by atoms with E-state index >= 15 is 0 Å². The van der Waals surface area contributed by atoms with E-state index in [0.29, 0.717) is 12.4 Å². The lowest BCUT2D eigenvalue weighted by Gasteiger charge is -2.39. The van der Waals surface area contributed by atoms with Gasteiger partial charge in [-0.05, 0) is 41.5 Å². The van der Waals surface area contributed by atoms with Crippen LogP contribution in [0.1, 0.15) is 17.2 Å². The van der Waals surface area contributed by atoms with Crippen LogP contribution in [0.2, 0.25) is 5.02 Å². The fraction of sp³-hybridized carbons (Fsp3) is 0.265. The third-order valence-electron chi connectivity index (χ3n) is 7.29. The number of hydrogen-bond donors (Lipinski definition) is 2. The van der Waals surface area contributed by atoms with E-state index in [4.69, 9.17) is 26.2 Å².